The predicted molar refractivity (Wildman–Crippen MR) is 99.7 cm³/mol. The molecular weight excluding hydrogens is 351 g/mol. The maximum atomic E-state index is 13.3. The molecule has 7 heteroatoms. The Morgan fingerprint density at radius 3 is 2.37 bits per heavy atom. The van der Waals surface area contributed by atoms with E-state index in [2.05, 4.69) is 4.90 Å². The highest BCUT2D eigenvalue weighted by Crippen LogP contribution is 2.28. The normalized spacial score (nSPS) is 19.5. The molecule has 1 heterocycles. The van der Waals surface area contributed by atoms with Crippen molar-refractivity contribution in [3.8, 4) is 0 Å². The molecule has 1 aromatic carbocycles. The predicted octanol–water partition coefficient (Wildman–Crippen LogP) is 3.37. The summed E-state index contributed by atoms with van der Waals surface area (Å²) in [5, 5.41) is 0. The van der Waals surface area contributed by atoms with Gasteiger partial charge >= 0.3 is 12.1 Å². The van der Waals surface area contributed by atoms with Crippen LogP contribution in [0.2, 0.25) is 0 Å². The molecule has 0 aromatic heterocycles. The Balaban J connectivity index is 2.13. The molecule has 27 heavy (non-hydrogen) atoms. The summed E-state index contributed by atoms with van der Waals surface area (Å²) in [5.74, 6) is -0.648. The minimum absolute atomic E-state index is 0.0748. The van der Waals surface area contributed by atoms with Crippen LogP contribution in [-0.2, 0) is 14.3 Å². The van der Waals surface area contributed by atoms with Gasteiger partial charge in [0.15, 0.2) is 0 Å². The number of carbonyl (C=O) groups is 2. The van der Waals surface area contributed by atoms with Crippen LogP contribution in [0.5, 0.6) is 0 Å². The van der Waals surface area contributed by atoms with Crippen LogP contribution in [0.15, 0.2) is 24.3 Å². The topological polar surface area (TPSA) is 59.1 Å². The third-order valence-corrected chi connectivity index (χ3v) is 4.57. The van der Waals surface area contributed by atoms with Crippen molar-refractivity contribution in [1.82, 2.24) is 9.80 Å². The molecule has 1 saturated heterocycles. The lowest BCUT2D eigenvalue weighted by atomic mass is 10.00. The van der Waals surface area contributed by atoms with E-state index >= 15 is 0 Å². The number of benzene rings is 1. The van der Waals surface area contributed by atoms with Crippen LogP contribution >= 0.6 is 0 Å². The largest absolute Gasteiger partial charge is 0.469 e. The fourth-order valence-electron chi connectivity index (χ4n) is 3.24. The number of carbonyl (C=O) groups excluding carboxylic acids is 2. The van der Waals surface area contributed by atoms with E-state index < -0.39 is 5.60 Å². The molecular formula is C20H29FN2O4. The van der Waals surface area contributed by atoms with Gasteiger partial charge in [0.2, 0.25) is 0 Å². The van der Waals surface area contributed by atoms with Crippen LogP contribution in [0, 0.1) is 5.82 Å². The van der Waals surface area contributed by atoms with Gasteiger partial charge in [-0.3, -0.25) is 9.69 Å². The fraction of sp³-hybridized carbons (Fsp3) is 0.600. The van der Waals surface area contributed by atoms with Gasteiger partial charge in [0.05, 0.1) is 13.5 Å². The van der Waals surface area contributed by atoms with Crippen molar-refractivity contribution in [3.05, 3.63) is 35.6 Å². The number of ether oxygens (including phenoxy) is 2. The van der Waals surface area contributed by atoms with Crippen LogP contribution in [0.25, 0.3) is 0 Å². The van der Waals surface area contributed by atoms with E-state index in [-0.39, 0.29) is 36.4 Å². The third-order valence-electron chi connectivity index (χ3n) is 4.57. The van der Waals surface area contributed by atoms with E-state index in [1.165, 1.54) is 19.2 Å². The summed E-state index contributed by atoms with van der Waals surface area (Å²) in [6.45, 7) is 9.14. The molecule has 2 unspecified atom stereocenters. The summed E-state index contributed by atoms with van der Waals surface area (Å²) < 4.78 is 23.6. The minimum atomic E-state index is -0.546. The SMILES string of the molecule is COC(=O)CC(c1ccc(F)cc1)N1CCN(C(=O)OC(C)(C)C)C(C)C1. The second kappa shape index (κ2) is 8.69. The summed E-state index contributed by atoms with van der Waals surface area (Å²) in [6, 6.07) is 5.84. The quantitative estimate of drug-likeness (QED) is 0.750. The first kappa shape index (κ1) is 21.2. The van der Waals surface area contributed by atoms with Crippen molar-refractivity contribution in [3.63, 3.8) is 0 Å². The van der Waals surface area contributed by atoms with Gasteiger partial charge in [0.25, 0.3) is 0 Å². The Kier molecular flexibility index (Phi) is 6.81. The van der Waals surface area contributed by atoms with Crippen molar-refractivity contribution >= 4 is 12.1 Å². The zero-order valence-electron chi connectivity index (χ0n) is 16.7. The maximum Gasteiger partial charge on any atom is 0.410 e. The van der Waals surface area contributed by atoms with Gasteiger partial charge in [0.1, 0.15) is 11.4 Å². The molecule has 1 fully saturated rings. The van der Waals surface area contributed by atoms with Crippen molar-refractivity contribution < 1.29 is 23.5 Å². The Hall–Kier alpha value is -2.15. The van der Waals surface area contributed by atoms with E-state index in [1.807, 2.05) is 27.7 Å². The zero-order valence-corrected chi connectivity index (χ0v) is 16.7. The van der Waals surface area contributed by atoms with Gasteiger partial charge in [0, 0.05) is 31.7 Å². The van der Waals surface area contributed by atoms with Crippen molar-refractivity contribution in [2.75, 3.05) is 26.7 Å². The first-order valence-corrected chi connectivity index (χ1v) is 9.16. The molecule has 1 aliphatic heterocycles. The molecule has 2 rings (SSSR count). The highest BCUT2D eigenvalue weighted by atomic mass is 19.1. The number of rotatable bonds is 4. The number of nitrogens with zero attached hydrogens (tertiary/aromatic N) is 2. The van der Waals surface area contributed by atoms with Crippen molar-refractivity contribution in [1.29, 1.82) is 0 Å². The standard InChI is InChI=1S/C20H29FN2O4/c1-14-13-22(10-11-23(14)19(25)27-20(2,3)4)17(12-18(24)26-5)15-6-8-16(21)9-7-15/h6-9,14,17H,10-13H2,1-5H3. The first-order chi connectivity index (χ1) is 12.6. The average Bonchev–Trinajstić information content (AvgIpc) is 2.58. The Morgan fingerprint density at radius 2 is 1.85 bits per heavy atom. The zero-order chi connectivity index (χ0) is 20.2. The van der Waals surface area contributed by atoms with Gasteiger partial charge < -0.3 is 14.4 Å². The van der Waals surface area contributed by atoms with E-state index in [4.69, 9.17) is 9.47 Å². The Morgan fingerprint density at radius 1 is 1.22 bits per heavy atom. The smallest absolute Gasteiger partial charge is 0.410 e. The number of methoxy groups -OCH3 is 1. The second-order valence-electron chi connectivity index (χ2n) is 7.87. The first-order valence-electron chi connectivity index (χ1n) is 9.16. The van der Waals surface area contributed by atoms with Gasteiger partial charge in [-0.1, -0.05) is 12.1 Å². The minimum Gasteiger partial charge on any atom is -0.469 e. The molecule has 0 spiro atoms. The lowest BCUT2D eigenvalue weighted by Gasteiger charge is -2.43. The molecule has 6 nitrogen and oxygen atoms in total. The monoisotopic (exact) mass is 380 g/mol. The maximum absolute atomic E-state index is 13.3. The third kappa shape index (κ3) is 5.92. The number of amides is 1. The van der Waals surface area contributed by atoms with E-state index in [9.17, 15) is 14.0 Å². The van der Waals surface area contributed by atoms with Gasteiger partial charge in [-0.05, 0) is 45.4 Å². The van der Waals surface area contributed by atoms with E-state index in [0.29, 0.717) is 19.6 Å². The lowest BCUT2D eigenvalue weighted by Crippen LogP contribution is -2.55. The summed E-state index contributed by atoms with van der Waals surface area (Å²) in [5.41, 5.74) is 0.301. The molecule has 0 saturated carbocycles. The summed E-state index contributed by atoms with van der Waals surface area (Å²) >= 11 is 0. The van der Waals surface area contributed by atoms with Gasteiger partial charge in [-0.25, -0.2) is 9.18 Å². The van der Waals surface area contributed by atoms with Crippen LogP contribution in [-0.4, -0.2) is 60.2 Å². The highest BCUT2D eigenvalue weighted by molar-refractivity contribution is 5.70. The molecule has 1 amide bonds. The van der Waals surface area contributed by atoms with Crippen LogP contribution in [0.4, 0.5) is 9.18 Å². The van der Waals surface area contributed by atoms with Gasteiger partial charge in [-0.15, -0.1) is 0 Å². The van der Waals surface area contributed by atoms with Crippen LogP contribution < -0.4 is 0 Å². The van der Waals surface area contributed by atoms with Crippen LogP contribution in [0.1, 0.15) is 45.7 Å². The van der Waals surface area contributed by atoms with Crippen molar-refractivity contribution in [2.45, 2.75) is 51.8 Å². The van der Waals surface area contributed by atoms with E-state index in [1.54, 1.807) is 17.0 Å². The number of hydrogen-bond donors (Lipinski definition) is 0. The number of hydrogen-bond acceptors (Lipinski definition) is 5. The second-order valence-corrected chi connectivity index (χ2v) is 7.87. The molecule has 1 aromatic rings. The number of esters is 1. The van der Waals surface area contributed by atoms with E-state index in [0.717, 1.165) is 5.56 Å². The Labute approximate surface area is 160 Å². The summed E-state index contributed by atoms with van der Waals surface area (Å²) in [4.78, 5) is 28.2. The van der Waals surface area contributed by atoms with Crippen LogP contribution in [0.3, 0.4) is 0 Å². The molecule has 0 aliphatic carbocycles. The lowest BCUT2D eigenvalue weighted by molar-refractivity contribution is -0.142. The molecule has 0 N–H and O–H groups in total. The number of piperazine rings is 1. The molecule has 1 aliphatic rings. The Bertz CT molecular complexity index is 657. The molecule has 0 bridgehead atoms. The van der Waals surface area contributed by atoms with Gasteiger partial charge in [-0.2, -0.15) is 0 Å². The highest BCUT2D eigenvalue weighted by Gasteiger charge is 2.34. The molecule has 0 radical (unpaired) electrons. The fourth-order valence-corrected chi connectivity index (χ4v) is 3.24. The summed E-state index contributed by atoms with van der Waals surface area (Å²) in [7, 11) is 1.35. The number of halogens is 1. The molecule has 150 valence electrons. The average molecular weight is 380 g/mol. The van der Waals surface area contributed by atoms with Crippen molar-refractivity contribution in [2.24, 2.45) is 0 Å². The molecule has 2 atom stereocenters. The summed E-state index contributed by atoms with van der Waals surface area (Å²) in [6.07, 6.45) is -0.165.